The Kier molecular flexibility index (Phi) is 3.69. The van der Waals surface area contributed by atoms with Gasteiger partial charge in [-0.05, 0) is 49.7 Å². The molecule has 2 N–H and O–H groups in total. The zero-order valence-corrected chi connectivity index (χ0v) is 13.3. The number of aryl methyl sites for hydroxylation is 1. The molecule has 8 heteroatoms. The normalized spacial score (nSPS) is 17.0. The molecule has 0 bridgehead atoms. The van der Waals surface area contributed by atoms with Crippen LogP contribution in [-0.4, -0.2) is 25.4 Å². The number of benzene rings is 1. The fraction of sp³-hybridized carbons (Fsp3) is 0.200. The molecule has 2 aromatic rings. The standard InChI is InChI=1S/C15H15N3O4S/c1-9-5-6-16-14(7-9)18-23(20,21)11-3-4-13-12(8-11)17-15(19)10(2)22-13/h3-8,10H,1-2H3,(H,16,18)(H,17,19)/t10-/m0/s1. The number of carbonyl (C=O) groups is 1. The van der Waals surface area contributed by atoms with Gasteiger partial charge in [-0.3, -0.25) is 9.52 Å². The minimum Gasteiger partial charge on any atom is -0.479 e. The number of sulfonamides is 1. The van der Waals surface area contributed by atoms with Gasteiger partial charge in [-0.25, -0.2) is 13.4 Å². The van der Waals surface area contributed by atoms with E-state index in [-0.39, 0.29) is 16.6 Å². The minimum absolute atomic E-state index is 0.0120. The van der Waals surface area contributed by atoms with Gasteiger partial charge in [0, 0.05) is 6.20 Å². The van der Waals surface area contributed by atoms with Crippen molar-refractivity contribution in [2.75, 3.05) is 10.0 Å². The van der Waals surface area contributed by atoms with E-state index in [9.17, 15) is 13.2 Å². The summed E-state index contributed by atoms with van der Waals surface area (Å²) in [5, 5.41) is 2.62. The highest BCUT2D eigenvalue weighted by Gasteiger charge is 2.25. The number of aromatic nitrogens is 1. The van der Waals surface area contributed by atoms with Crippen LogP contribution < -0.4 is 14.8 Å². The Morgan fingerprint density at radius 2 is 2.04 bits per heavy atom. The van der Waals surface area contributed by atoms with E-state index >= 15 is 0 Å². The van der Waals surface area contributed by atoms with Gasteiger partial charge < -0.3 is 10.1 Å². The Balaban J connectivity index is 1.92. The maximum absolute atomic E-state index is 12.4. The zero-order valence-electron chi connectivity index (χ0n) is 12.5. The first-order chi connectivity index (χ1) is 10.8. The first-order valence-electron chi connectivity index (χ1n) is 6.92. The van der Waals surface area contributed by atoms with Gasteiger partial charge in [0.1, 0.15) is 11.6 Å². The van der Waals surface area contributed by atoms with E-state index in [4.69, 9.17) is 4.74 Å². The molecular weight excluding hydrogens is 318 g/mol. The van der Waals surface area contributed by atoms with Gasteiger partial charge in [0.05, 0.1) is 10.6 Å². The van der Waals surface area contributed by atoms with E-state index in [1.807, 2.05) is 6.92 Å². The van der Waals surface area contributed by atoms with E-state index in [0.717, 1.165) is 5.56 Å². The number of nitrogens with one attached hydrogen (secondary N) is 2. The van der Waals surface area contributed by atoms with E-state index in [1.54, 1.807) is 19.1 Å². The van der Waals surface area contributed by atoms with E-state index in [0.29, 0.717) is 11.4 Å². The molecule has 0 radical (unpaired) electrons. The second-order valence-corrected chi connectivity index (χ2v) is 6.91. The number of amides is 1. The van der Waals surface area contributed by atoms with E-state index in [1.165, 1.54) is 24.4 Å². The van der Waals surface area contributed by atoms with Gasteiger partial charge >= 0.3 is 0 Å². The molecule has 0 aliphatic carbocycles. The number of anilines is 2. The summed E-state index contributed by atoms with van der Waals surface area (Å²) in [4.78, 5) is 15.6. The van der Waals surface area contributed by atoms with Crippen LogP contribution in [0.25, 0.3) is 0 Å². The van der Waals surface area contributed by atoms with Crippen LogP contribution in [-0.2, 0) is 14.8 Å². The van der Waals surface area contributed by atoms with Crippen molar-refractivity contribution in [3.05, 3.63) is 42.1 Å². The molecule has 23 heavy (non-hydrogen) atoms. The number of fused-ring (bicyclic) bond motifs is 1. The molecule has 0 spiro atoms. The SMILES string of the molecule is Cc1ccnc(NS(=O)(=O)c2ccc3c(c2)NC(=O)[C@H](C)O3)c1. The second kappa shape index (κ2) is 5.54. The van der Waals surface area contributed by atoms with Gasteiger partial charge in [-0.1, -0.05) is 0 Å². The fourth-order valence-corrected chi connectivity index (χ4v) is 3.17. The highest BCUT2D eigenvalue weighted by Crippen LogP contribution is 2.32. The topological polar surface area (TPSA) is 97.4 Å². The number of hydrogen-bond acceptors (Lipinski definition) is 5. The Hall–Kier alpha value is -2.61. The van der Waals surface area contributed by atoms with Crippen LogP contribution in [0, 0.1) is 6.92 Å². The quantitative estimate of drug-likeness (QED) is 0.894. The molecule has 0 fully saturated rings. The number of carbonyl (C=O) groups excluding carboxylic acids is 1. The molecule has 1 amide bonds. The molecule has 1 aromatic heterocycles. The third-order valence-corrected chi connectivity index (χ3v) is 4.70. The van der Waals surface area contributed by atoms with Crippen LogP contribution in [0.2, 0.25) is 0 Å². The van der Waals surface area contributed by atoms with Crippen LogP contribution in [0.5, 0.6) is 5.75 Å². The average molecular weight is 333 g/mol. The van der Waals surface area contributed by atoms with Gasteiger partial charge in [0.2, 0.25) is 0 Å². The average Bonchev–Trinajstić information content (AvgIpc) is 2.47. The summed E-state index contributed by atoms with van der Waals surface area (Å²) < 4.78 is 32.7. The summed E-state index contributed by atoms with van der Waals surface area (Å²) in [7, 11) is -3.81. The lowest BCUT2D eigenvalue weighted by molar-refractivity contribution is -0.122. The fourth-order valence-electron chi connectivity index (χ4n) is 2.14. The van der Waals surface area contributed by atoms with Crippen molar-refractivity contribution in [3.8, 4) is 5.75 Å². The van der Waals surface area contributed by atoms with Crippen molar-refractivity contribution in [2.45, 2.75) is 24.8 Å². The van der Waals surface area contributed by atoms with Crippen molar-refractivity contribution in [1.82, 2.24) is 4.98 Å². The first kappa shape index (κ1) is 15.3. The Morgan fingerprint density at radius 3 is 2.78 bits per heavy atom. The number of pyridine rings is 1. The summed E-state index contributed by atoms with van der Waals surface area (Å²) in [6, 6.07) is 7.69. The Labute approximate surface area is 133 Å². The van der Waals surface area contributed by atoms with Crippen molar-refractivity contribution < 1.29 is 17.9 Å². The smallest absolute Gasteiger partial charge is 0.265 e. The van der Waals surface area contributed by atoms with Crippen molar-refractivity contribution >= 4 is 27.4 Å². The number of ether oxygens (including phenoxy) is 1. The largest absolute Gasteiger partial charge is 0.479 e. The Bertz CT molecular complexity index is 880. The third kappa shape index (κ3) is 3.11. The van der Waals surface area contributed by atoms with Gasteiger partial charge in [-0.2, -0.15) is 0 Å². The van der Waals surface area contributed by atoms with Crippen LogP contribution in [0.3, 0.4) is 0 Å². The third-order valence-electron chi connectivity index (χ3n) is 3.35. The molecule has 1 aliphatic rings. The van der Waals surface area contributed by atoms with Gasteiger partial charge in [0.15, 0.2) is 6.10 Å². The minimum atomic E-state index is -3.81. The van der Waals surface area contributed by atoms with Crippen molar-refractivity contribution in [1.29, 1.82) is 0 Å². The lowest BCUT2D eigenvalue weighted by Gasteiger charge is -2.23. The summed E-state index contributed by atoms with van der Waals surface area (Å²) in [6.07, 6.45) is 0.912. The molecule has 2 heterocycles. The van der Waals surface area contributed by atoms with Crippen molar-refractivity contribution in [3.63, 3.8) is 0 Å². The van der Waals surface area contributed by atoms with Crippen LogP contribution >= 0.6 is 0 Å². The predicted molar refractivity (Wildman–Crippen MR) is 84.9 cm³/mol. The predicted octanol–water partition coefficient (Wildman–Crippen LogP) is 1.91. The lowest BCUT2D eigenvalue weighted by Crippen LogP contribution is -2.34. The molecule has 120 valence electrons. The van der Waals surface area contributed by atoms with Crippen molar-refractivity contribution in [2.24, 2.45) is 0 Å². The summed E-state index contributed by atoms with van der Waals surface area (Å²) in [5.41, 5.74) is 1.21. The van der Waals surface area contributed by atoms with Crippen LogP contribution in [0.1, 0.15) is 12.5 Å². The maximum atomic E-state index is 12.4. The highest BCUT2D eigenvalue weighted by atomic mass is 32.2. The first-order valence-corrected chi connectivity index (χ1v) is 8.40. The molecule has 0 saturated heterocycles. The molecule has 0 unspecified atom stereocenters. The lowest BCUT2D eigenvalue weighted by atomic mass is 10.2. The number of rotatable bonds is 3. The molecule has 3 rings (SSSR count). The molecule has 1 atom stereocenters. The van der Waals surface area contributed by atoms with Crippen LogP contribution in [0.15, 0.2) is 41.4 Å². The highest BCUT2D eigenvalue weighted by molar-refractivity contribution is 7.92. The van der Waals surface area contributed by atoms with Gasteiger partial charge in [0.25, 0.3) is 15.9 Å². The summed E-state index contributed by atoms with van der Waals surface area (Å²) >= 11 is 0. The monoisotopic (exact) mass is 333 g/mol. The van der Waals surface area contributed by atoms with E-state index in [2.05, 4.69) is 15.0 Å². The second-order valence-electron chi connectivity index (χ2n) is 5.23. The molecule has 1 aromatic carbocycles. The van der Waals surface area contributed by atoms with Crippen LogP contribution in [0.4, 0.5) is 11.5 Å². The number of hydrogen-bond donors (Lipinski definition) is 2. The molecular formula is C15H15N3O4S. The summed E-state index contributed by atoms with van der Waals surface area (Å²) in [6.45, 7) is 3.46. The molecule has 7 nitrogen and oxygen atoms in total. The van der Waals surface area contributed by atoms with E-state index < -0.39 is 16.1 Å². The molecule has 0 saturated carbocycles. The summed E-state index contributed by atoms with van der Waals surface area (Å²) in [5.74, 6) is 0.349. The molecule has 1 aliphatic heterocycles. The number of nitrogens with zero attached hydrogens (tertiary/aromatic N) is 1. The maximum Gasteiger partial charge on any atom is 0.265 e. The zero-order chi connectivity index (χ0) is 16.6. The Morgan fingerprint density at radius 1 is 1.26 bits per heavy atom. The van der Waals surface area contributed by atoms with Gasteiger partial charge in [-0.15, -0.1) is 0 Å².